The molecule has 1 unspecified atom stereocenters. The predicted octanol–water partition coefficient (Wildman–Crippen LogP) is 2.59. The minimum atomic E-state index is -1.12. The molecule has 1 aliphatic heterocycles. The van der Waals surface area contributed by atoms with E-state index in [-0.39, 0.29) is 42.3 Å². The van der Waals surface area contributed by atoms with Crippen molar-refractivity contribution in [2.24, 2.45) is 0 Å². The van der Waals surface area contributed by atoms with Crippen molar-refractivity contribution in [1.82, 2.24) is 10.2 Å². The highest BCUT2D eigenvalue weighted by molar-refractivity contribution is 5.99. The van der Waals surface area contributed by atoms with Gasteiger partial charge in [0, 0.05) is 30.6 Å². The van der Waals surface area contributed by atoms with Crippen molar-refractivity contribution in [2.75, 3.05) is 27.0 Å². The van der Waals surface area contributed by atoms with E-state index in [1.54, 1.807) is 26.8 Å². The highest BCUT2D eigenvalue weighted by atomic mass is 16.6. The van der Waals surface area contributed by atoms with Crippen molar-refractivity contribution in [2.45, 2.75) is 26.7 Å². The molecule has 0 radical (unpaired) electrons. The summed E-state index contributed by atoms with van der Waals surface area (Å²) in [5, 5.41) is 14.0. The second-order valence-corrected chi connectivity index (χ2v) is 6.55. The zero-order valence-electron chi connectivity index (χ0n) is 18.2. The Morgan fingerprint density at radius 2 is 1.72 bits per heavy atom. The monoisotopic (exact) mass is 447 g/mol. The Bertz CT molecular complexity index is 970. The summed E-state index contributed by atoms with van der Waals surface area (Å²) in [7, 11) is 1.38. The average Bonchev–Trinajstić information content (AvgIpc) is 2.77. The minimum Gasteiger partial charge on any atom is -0.463 e. The topological polar surface area (TPSA) is 137 Å². The SMILES string of the molecule is CCOC(=O)C1=CN(COC(=O)NC)C(C)=C(C(=O)OCC)C1c1ccccc1[N+](=O)[O-]. The number of rotatable bonds is 8. The van der Waals surface area contributed by atoms with Crippen molar-refractivity contribution < 1.29 is 33.5 Å². The Kier molecular flexibility index (Phi) is 8.33. The third kappa shape index (κ3) is 5.23. The number of nitro benzene ring substituents is 1. The number of alkyl carbamates (subject to hydrolysis) is 1. The Morgan fingerprint density at radius 1 is 1.09 bits per heavy atom. The summed E-state index contributed by atoms with van der Waals surface area (Å²) in [5.74, 6) is -2.64. The molecule has 1 aliphatic rings. The van der Waals surface area contributed by atoms with Gasteiger partial charge in [0.05, 0.1) is 35.2 Å². The highest BCUT2D eigenvalue weighted by Gasteiger charge is 2.41. The van der Waals surface area contributed by atoms with E-state index in [0.29, 0.717) is 5.70 Å². The number of hydrogen-bond acceptors (Lipinski definition) is 9. The van der Waals surface area contributed by atoms with Crippen LogP contribution in [0.15, 0.2) is 47.3 Å². The molecule has 0 bridgehead atoms. The number of carbonyl (C=O) groups excluding carboxylic acids is 3. The quantitative estimate of drug-likeness (QED) is 0.276. The fourth-order valence-corrected chi connectivity index (χ4v) is 3.27. The van der Waals surface area contributed by atoms with Crippen LogP contribution >= 0.6 is 0 Å². The van der Waals surface area contributed by atoms with Crippen LogP contribution in [-0.2, 0) is 23.8 Å². The van der Waals surface area contributed by atoms with Crippen LogP contribution < -0.4 is 5.32 Å². The largest absolute Gasteiger partial charge is 0.463 e. The molecule has 0 spiro atoms. The number of nitrogens with one attached hydrogen (secondary N) is 1. The van der Waals surface area contributed by atoms with Crippen LogP contribution in [0.2, 0.25) is 0 Å². The maximum absolute atomic E-state index is 13.0. The highest BCUT2D eigenvalue weighted by Crippen LogP contribution is 2.43. The third-order valence-corrected chi connectivity index (χ3v) is 4.70. The van der Waals surface area contributed by atoms with Gasteiger partial charge in [0.25, 0.3) is 5.69 Å². The van der Waals surface area contributed by atoms with Crippen LogP contribution in [0.4, 0.5) is 10.5 Å². The van der Waals surface area contributed by atoms with E-state index >= 15 is 0 Å². The van der Waals surface area contributed by atoms with Crippen LogP contribution in [0.25, 0.3) is 0 Å². The Balaban J connectivity index is 2.72. The lowest BCUT2D eigenvalue weighted by molar-refractivity contribution is -0.385. The van der Waals surface area contributed by atoms with Gasteiger partial charge in [-0.3, -0.25) is 10.1 Å². The van der Waals surface area contributed by atoms with Gasteiger partial charge in [-0.05, 0) is 20.8 Å². The van der Waals surface area contributed by atoms with Gasteiger partial charge in [0.2, 0.25) is 0 Å². The first kappa shape index (κ1) is 24.4. The number of nitro groups is 1. The van der Waals surface area contributed by atoms with E-state index in [0.717, 1.165) is 0 Å². The zero-order chi connectivity index (χ0) is 23.8. The number of benzene rings is 1. The number of esters is 2. The molecule has 11 nitrogen and oxygen atoms in total. The first-order valence-electron chi connectivity index (χ1n) is 9.87. The molecule has 11 heteroatoms. The van der Waals surface area contributed by atoms with Crippen molar-refractivity contribution in [3.63, 3.8) is 0 Å². The van der Waals surface area contributed by atoms with Crippen LogP contribution in [0.5, 0.6) is 0 Å². The van der Waals surface area contributed by atoms with Crippen LogP contribution in [0, 0.1) is 10.1 Å². The van der Waals surface area contributed by atoms with Crippen molar-refractivity contribution in [3.8, 4) is 0 Å². The molecule has 1 heterocycles. The molecular formula is C21H25N3O8. The van der Waals surface area contributed by atoms with Crippen LogP contribution in [0.3, 0.4) is 0 Å². The molecule has 2 rings (SSSR count). The summed E-state index contributed by atoms with van der Waals surface area (Å²) in [4.78, 5) is 49.8. The molecule has 0 aliphatic carbocycles. The van der Waals surface area contributed by atoms with Gasteiger partial charge < -0.3 is 24.4 Å². The van der Waals surface area contributed by atoms with E-state index in [1.807, 2.05) is 0 Å². The summed E-state index contributed by atoms with van der Waals surface area (Å²) >= 11 is 0. The maximum Gasteiger partial charge on any atom is 0.408 e. The van der Waals surface area contributed by atoms with Gasteiger partial charge in [-0.25, -0.2) is 14.4 Å². The van der Waals surface area contributed by atoms with Crippen molar-refractivity contribution >= 4 is 23.7 Å². The number of allylic oxidation sites excluding steroid dienone is 1. The Morgan fingerprint density at radius 3 is 2.31 bits per heavy atom. The number of amides is 1. The molecule has 0 saturated carbocycles. The standard InChI is InChI=1S/C21H25N3O8/c1-5-30-19(25)15-11-23(12-32-21(27)22-4)13(3)17(20(26)31-6-2)18(15)14-9-7-8-10-16(14)24(28)29/h7-11,18H,5-6,12H2,1-4H3,(H,22,27). The molecule has 1 aromatic carbocycles. The summed E-state index contributed by atoms with van der Waals surface area (Å²) in [6.45, 7) is 4.57. The van der Waals surface area contributed by atoms with E-state index < -0.39 is 28.9 Å². The van der Waals surface area contributed by atoms with Crippen molar-refractivity contribution in [3.05, 3.63) is 63.0 Å². The number of ether oxygens (including phenoxy) is 3. The minimum absolute atomic E-state index is 0.00668. The zero-order valence-corrected chi connectivity index (χ0v) is 18.2. The Hall–Kier alpha value is -3.89. The summed E-state index contributed by atoms with van der Waals surface area (Å²) < 4.78 is 15.4. The van der Waals surface area contributed by atoms with Gasteiger partial charge in [-0.2, -0.15) is 0 Å². The second-order valence-electron chi connectivity index (χ2n) is 6.55. The first-order valence-corrected chi connectivity index (χ1v) is 9.87. The Labute approximate surface area is 184 Å². The molecule has 1 amide bonds. The number of para-hydroxylation sites is 1. The number of hydrogen-bond donors (Lipinski definition) is 1. The van der Waals surface area contributed by atoms with Gasteiger partial charge in [0.15, 0.2) is 6.73 Å². The lowest BCUT2D eigenvalue weighted by atomic mass is 9.81. The molecular weight excluding hydrogens is 422 g/mol. The predicted molar refractivity (Wildman–Crippen MR) is 112 cm³/mol. The molecule has 0 fully saturated rings. The second kappa shape index (κ2) is 10.9. The van der Waals surface area contributed by atoms with E-state index in [9.17, 15) is 24.5 Å². The molecule has 1 aromatic rings. The number of carbonyl (C=O) groups is 3. The van der Waals surface area contributed by atoms with Gasteiger partial charge in [0.1, 0.15) is 0 Å². The third-order valence-electron chi connectivity index (χ3n) is 4.70. The smallest absolute Gasteiger partial charge is 0.408 e. The first-order chi connectivity index (χ1) is 15.3. The normalized spacial score (nSPS) is 15.6. The molecule has 172 valence electrons. The molecule has 32 heavy (non-hydrogen) atoms. The number of nitrogens with zero attached hydrogens (tertiary/aromatic N) is 2. The van der Waals surface area contributed by atoms with Gasteiger partial charge >= 0.3 is 18.0 Å². The molecule has 1 N–H and O–H groups in total. The fourth-order valence-electron chi connectivity index (χ4n) is 3.27. The molecule has 1 atom stereocenters. The average molecular weight is 447 g/mol. The van der Waals surface area contributed by atoms with E-state index in [2.05, 4.69) is 5.32 Å². The van der Waals surface area contributed by atoms with Crippen LogP contribution in [-0.4, -0.2) is 54.8 Å². The van der Waals surface area contributed by atoms with E-state index in [1.165, 1.54) is 36.3 Å². The van der Waals surface area contributed by atoms with Crippen molar-refractivity contribution in [1.29, 1.82) is 0 Å². The van der Waals surface area contributed by atoms with Crippen LogP contribution in [0.1, 0.15) is 32.3 Å². The summed E-state index contributed by atoms with van der Waals surface area (Å²) in [6, 6.07) is 5.82. The molecule has 0 saturated heterocycles. The lowest BCUT2D eigenvalue weighted by Gasteiger charge is -2.33. The fraction of sp³-hybridized carbons (Fsp3) is 0.381. The molecule has 0 aromatic heterocycles. The van der Waals surface area contributed by atoms with E-state index in [4.69, 9.17) is 14.2 Å². The maximum atomic E-state index is 13.0. The lowest BCUT2D eigenvalue weighted by Crippen LogP contribution is -2.35. The van der Waals surface area contributed by atoms with Gasteiger partial charge in [-0.1, -0.05) is 18.2 Å². The summed E-state index contributed by atoms with van der Waals surface area (Å²) in [5.41, 5.74) is 0.148. The van der Waals surface area contributed by atoms with Gasteiger partial charge in [-0.15, -0.1) is 0 Å². The summed E-state index contributed by atoms with van der Waals surface area (Å²) in [6.07, 6.45) is 0.641.